The van der Waals surface area contributed by atoms with Gasteiger partial charge in [-0.15, -0.1) is 0 Å². The molecule has 1 heterocycles. The Labute approximate surface area is 196 Å². The van der Waals surface area contributed by atoms with Gasteiger partial charge in [0.2, 0.25) is 0 Å². The quantitative estimate of drug-likeness (QED) is 0.165. The van der Waals surface area contributed by atoms with Crippen molar-refractivity contribution < 1.29 is 14.8 Å². The second kappa shape index (κ2) is 11.5. The van der Waals surface area contributed by atoms with Crippen molar-refractivity contribution in [1.29, 1.82) is 0 Å². The summed E-state index contributed by atoms with van der Waals surface area (Å²) in [5, 5.41) is 26.2. The standard InChI is InChI=1S/C24H22N4O4S/c29-23(30)9-2-1-8-22(18-6-4-14-25-16-18)17-5-3-7-20(15-17)27-24(33)26-19-10-12-21(13-11-19)28(31)32/h3-8,10-16H,1-2,9H2,(H,29,30)(H2,26,27,33). The summed E-state index contributed by atoms with van der Waals surface area (Å²) in [4.78, 5) is 25.4. The van der Waals surface area contributed by atoms with Crippen LogP contribution in [0.25, 0.3) is 5.57 Å². The van der Waals surface area contributed by atoms with Crippen molar-refractivity contribution in [3.63, 3.8) is 0 Å². The highest BCUT2D eigenvalue weighted by Crippen LogP contribution is 2.26. The number of unbranched alkanes of at least 4 members (excludes halogenated alkanes) is 1. The highest BCUT2D eigenvalue weighted by atomic mass is 32.1. The zero-order valence-corrected chi connectivity index (χ0v) is 18.4. The van der Waals surface area contributed by atoms with Gasteiger partial charge in [0.1, 0.15) is 0 Å². The van der Waals surface area contributed by atoms with Gasteiger partial charge < -0.3 is 15.7 Å². The van der Waals surface area contributed by atoms with Crippen molar-refractivity contribution in [1.82, 2.24) is 4.98 Å². The molecule has 0 aliphatic carbocycles. The van der Waals surface area contributed by atoms with Crippen LogP contribution in [0.3, 0.4) is 0 Å². The third-order valence-corrected chi connectivity index (χ3v) is 4.89. The molecule has 0 aliphatic heterocycles. The number of anilines is 2. The molecule has 0 amide bonds. The monoisotopic (exact) mass is 462 g/mol. The first-order chi connectivity index (χ1) is 15.9. The van der Waals surface area contributed by atoms with Crippen LogP contribution in [0.1, 0.15) is 30.4 Å². The lowest BCUT2D eigenvalue weighted by Gasteiger charge is -2.13. The van der Waals surface area contributed by atoms with E-state index in [4.69, 9.17) is 17.3 Å². The zero-order chi connectivity index (χ0) is 23.6. The van der Waals surface area contributed by atoms with Gasteiger partial charge in [-0.3, -0.25) is 19.9 Å². The minimum absolute atomic E-state index is 0.00482. The minimum atomic E-state index is -0.813. The smallest absolute Gasteiger partial charge is 0.303 e. The molecule has 9 heteroatoms. The first-order valence-corrected chi connectivity index (χ1v) is 10.6. The number of nitro groups is 1. The van der Waals surface area contributed by atoms with Crippen LogP contribution in [0.5, 0.6) is 0 Å². The van der Waals surface area contributed by atoms with Crippen LogP contribution in [0.15, 0.2) is 79.1 Å². The van der Waals surface area contributed by atoms with Gasteiger partial charge in [0.25, 0.3) is 5.69 Å². The van der Waals surface area contributed by atoms with Gasteiger partial charge in [-0.25, -0.2) is 0 Å². The summed E-state index contributed by atoms with van der Waals surface area (Å²) in [7, 11) is 0. The number of carbonyl (C=O) groups is 1. The van der Waals surface area contributed by atoms with Crippen molar-refractivity contribution in [2.75, 3.05) is 10.6 Å². The largest absolute Gasteiger partial charge is 0.481 e. The minimum Gasteiger partial charge on any atom is -0.481 e. The van der Waals surface area contributed by atoms with Gasteiger partial charge in [-0.05, 0) is 66.5 Å². The van der Waals surface area contributed by atoms with Crippen molar-refractivity contribution >= 4 is 45.9 Å². The molecule has 3 N–H and O–H groups in total. The number of nitrogens with one attached hydrogen (secondary N) is 2. The van der Waals surface area contributed by atoms with Crippen LogP contribution in [0.2, 0.25) is 0 Å². The highest BCUT2D eigenvalue weighted by Gasteiger charge is 2.08. The van der Waals surface area contributed by atoms with Crippen LogP contribution in [-0.4, -0.2) is 26.1 Å². The molecule has 33 heavy (non-hydrogen) atoms. The number of carboxylic acids is 1. The first-order valence-electron chi connectivity index (χ1n) is 10.2. The van der Waals surface area contributed by atoms with Crippen LogP contribution in [0, 0.1) is 10.1 Å². The molecule has 8 nitrogen and oxygen atoms in total. The molecular formula is C24H22N4O4S. The van der Waals surface area contributed by atoms with E-state index in [1.165, 1.54) is 12.1 Å². The SMILES string of the molecule is O=C(O)CCCC=C(c1cccnc1)c1cccc(NC(=S)Nc2ccc([N+](=O)[O-])cc2)c1. The summed E-state index contributed by atoms with van der Waals surface area (Å²) in [6.07, 6.45) is 6.76. The number of aromatic nitrogens is 1. The predicted molar refractivity (Wildman–Crippen MR) is 132 cm³/mol. The molecule has 0 saturated carbocycles. The number of nitro benzene ring substituents is 1. The zero-order valence-electron chi connectivity index (χ0n) is 17.6. The molecule has 0 radical (unpaired) electrons. The fraction of sp³-hybridized carbons (Fsp3) is 0.125. The summed E-state index contributed by atoms with van der Waals surface area (Å²) in [5.41, 5.74) is 4.20. The fourth-order valence-corrected chi connectivity index (χ4v) is 3.38. The van der Waals surface area contributed by atoms with Crippen molar-refractivity contribution in [2.45, 2.75) is 19.3 Å². The summed E-state index contributed by atoms with van der Waals surface area (Å²) in [6.45, 7) is 0. The Balaban J connectivity index is 1.74. The molecule has 3 rings (SSSR count). The highest BCUT2D eigenvalue weighted by molar-refractivity contribution is 7.80. The lowest BCUT2D eigenvalue weighted by molar-refractivity contribution is -0.384. The normalized spacial score (nSPS) is 11.0. The molecule has 0 spiro atoms. The molecule has 0 atom stereocenters. The van der Waals surface area contributed by atoms with Crippen LogP contribution < -0.4 is 10.6 Å². The lowest BCUT2D eigenvalue weighted by Crippen LogP contribution is -2.19. The molecule has 3 aromatic rings. The number of carboxylic acid groups (broad SMARTS) is 1. The third-order valence-electron chi connectivity index (χ3n) is 4.68. The summed E-state index contributed by atoms with van der Waals surface area (Å²) in [5.74, 6) is -0.813. The molecular weight excluding hydrogens is 440 g/mol. The van der Waals surface area contributed by atoms with Crippen molar-refractivity contribution in [3.8, 4) is 0 Å². The van der Waals surface area contributed by atoms with Gasteiger partial charge in [0.15, 0.2) is 5.11 Å². The molecule has 1 aromatic heterocycles. The number of non-ortho nitro benzene ring substituents is 1. The molecule has 2 aromatic carbocycles. The molecule has 0 fully saturated rings. The molecule has 0 unspecified atom stereocenters. The van der Waals surface area contributed by atoms with Gasteiger partial charge in [-0.2, -0.15) is 0 Å². The molecule has 0 saturated heterocycles. The van der Waals surface area contributed by atoms with Gasteiger partial charge in [-0.1, -0.05) is 24.3 Å². The number of aliphatic carboxylic acids is 1. The maximum absolute atomic E-state index is 10.8. The van der Waals surface area contributed by atoms with E-state index in [1.807, 2.05) is 42.5 Å². The number of benzene rings is 2. The second-order valence-electron chi connectivity index (χ2n) is 7.11. The first kappa shape index (κ1) is 23.6. The van der Waals surface area contributed by atoms with Gasteiger partial charge in [0.05, 0.1) is 4.92 Å². The number of allylic oxidation sites excluding steroid dienone is 1. The summed E-state index contributed by atoms with van der Waals surface area (Å²) in [6, 6.07) is 17.5. The number of rotatable bonds is 9. The van der Waals surface area contributed by atoms with Gasteiger partial charge in [0, 0.05) is 47.9 Å². The molecule has 0 bridgehead atoms. The van der Waals surface area contributed by atoms with E-state index < -0.39 is 10.9 Å². The van der Waals surface area contributed by atoms with Gasteiger partial charge >= 0.3 is 5.97 Å². The Morgan fingerprint density at radius 1 is 1.06 bits per heavy atom. The Hall–Kier alpha value is -4.11. The predicted octanol–water partition coefficient (Wildman–Crippen LogP) is 5.49. The molecule has 0 aliphatic rings. The van der Waals surface area contributed by atoms with E-state index >= 15 is 0 Å². The third kappa shape index (κ3) is 7.22. The van der Waals surface area contributed by atoms with Crippen molar-refractivity contribution in [2.24, 2.45) is 0 Å². The maximum Gasteiger partial charge on any atom is 0.303 e. The average molecular weight is 463 g/mol. The number of pyridine rings is 1. The fourth-order valence-electron chi connectivity index (χ4n) is 3.15. The summed E-state index contributed by atoms with van der Waals surface area (Å²) < 4.78 is 0. The van der Waals surface area contributed by atoms with E-state index in [-0.39, 0.29) is 12.1 Å². The van der Waals surface area contributed by atoms with E-state index in [2.05, 4.69) is 15.6 Å². The number of hydrogen-bond acceptors (Lipinski definition) is 5. The van der Waals surface area contributed by atoms with E-state index in [1.54, 1.807) is 24.5 Å². The van der Waals surface area contributed by atoms with Crippen molar-refractivity contribution in [3.05, 3.63) is 100 Å². The maximum atomic E-state index is 10.8. The Bertz CT molecular complexity index is 1160. The van der Waals surface area contributed by atoms with E-state index in [0.29, 0.717) is 23.6 Å². The number of nitrogens with zero attached hydrogens (tertiary/aromatic N) is 2. The van der Waals surface area contributed by atoms with Crippen LogP contribution in [0.4, 0.5) is 17.1 Å². The average Bonchev–Trinajstić information content (AvgIpc) is 2.80. The van der Waals surface area contributed by atoms with E-state index in [9.17, 15) is 14.9 Å². The van der Waals surface area contributed by atoms with E-state index in [0.717, 1.165) is 22.4 Å². The number of hydrogen-bond donors (Lipinski definition) is 3. The van der Waals surface area contributed by atoms with Crippen LogP contribution >= 0.6 is 12.2 Å². The molecule has 168 valence electrons. The Morgan fingerprint density at radius 3 is 2.45 bits per heavy atom. The lowest BCUT2D eigenvalue weighted by atomic mass is 9.97. The Kier molecular flexibility index (Phi) is 8.20. The second-order valence-corrected chi connectivity index (χ2v) is 7.52. The Morgan fingerprint density at radius 2 is 1.79 bits per heavy atom. The summed E-state index contributed by atoms with van der Waals surface area (Å²) >= 11 is 5.38. The van der Waals surface area contributed by atoms with Crippen LogP contribution in [-0.2, 0) is 4.79 Å². The topological polar surface area (TPSA) is 117 Å². The number of thiocarbonyl (C=S) groups is 1.